The molecule has 2 heterocycles. The molecule has 0 aliphatic carbocycles. The zero-order chi connectivity index (χ0) is 24.2. The summed E-state index contributed by atoms with van der Waals surface area (Å²) in [4.78, 5) is 36.2. The van der Waals surface area contributed by atoms with Crippen molar-refractivity contribution in [2.75, 3.05) is 17.7 Å². The van der Waals surface area contributed by atoms with Crippen LogP contribution in [0.5, 0.6) is 5.75 Å². The number of aromatic nitrogens is 3. The summed E-state index contributed by atoms with van der Waals surface area (Å²) in [5.74, 6) is 0.807. The Hall–Kier alpha value is -4.56. The van der Waals surface area contributed by atoms with Crippen molar-refractivity contribution in [1.82, 2.24) is 15.0 Å². The van der Waals surface area contributed by atoms with E-state index in [-0.39, 0.29) is 23.9 Å². The monoisotopic (exact) mass is 501 g/mol. The van der Waals surface area contributed by atoms with E-state index < -0.39 is 0 Å². The number of para-hydroxylation sites is 1. The standard InChI is InChI=1S/C27H23N5O3.ClH/c1-35-19-12-10-18(11-13-19)26(33)31-22-9-5-8-21-24(22)32-25(30-21)23-20(14-15-28-27(23)34)29-16-17-6-3-2-4-7-17;/h2-15H,16H2,1H3,(H,30,32)(H,31,33)(H2,28,29,34);1H. The van der Waals surface area contributed by atoms with Crippen LogP contribution in [-0.2, 0) is 6.54 Å². The average molecular weight is 502 g/mol. The molecule has 9 heteroatoms. The maximum atomic E-state index is 12.8. The Morgan fingerprint density at radius 3 is 2.47 bits per heavy atom. The number of amides is 1. The number of fused-ring (bicyclic) bond motifs is 1. The first-order valence-electron chi connectivity index (χ1n) is 11.1. The maximum Gasteiger partial charge on any atom is 0.261 e. The van der Waals surface area contributed by atoms with Crippen molar-refractivity contribution < 1.29 is 9.53 Å². The number of halogens is 1. The van der Waals surface area contributed by atoms with Crippen molar-refractivity contribution >= 4 is 40.7 Å². The fourth-order valence-electron chi connectivity index (χ4n) is 3.84. The van der Waals surface area contributed by atoms with Gasteiger partial charge in [0, 0.05) is 18.3 Å². The van der Waals surface area contributed by atoms with Crippen LogP contribution in [0.2, 0.25) is 0 Å². The van der Waals surface area contributed by atoms with Gasteiger partial charge in [-0.15, -0.1) is 12.4 Å². The van der Waals surface area contributed by atoms with Gasteiger partial charge in [0.25, 0.3) is 11.5 Å². The van der Waals surface area contributed by atoms with Crippen LogP contribution in [0.25, 0.3) is 22.4 Å². The molecule has 0 spiro atoms. The molecule has 0 saturated carbocycles. The van der Waals surface area contributed by atoms with E-state index in [0.717, 1.165) is 5.56 Å². The molecule has 5 rings (SSSR count). The molecule has 4 N–H and O–H groups in total. The second kappa shape index (κ2) is 10.8. The first-order valence-corrected chi connectivity index (χ1v) is 11.1. The molecule has 0 saturated heterocycles. The lowest BCUT2D eigenvalue weighted by Crippen LogP contribution is -2.13. The van der Waals surface area contributed by atoms with E-state index in [1.165, 1.54) is 0 Å². The fourth-order valence-corrected chi connectivity index (χ4v) is 3.84. The summed E-state index contributed by atoms with van der Waals surface area (Å²) >= 11 is 0. The number of imidazole rings is 1. The number of pyridine rings is 1. The number of carbonyl (C=O) groups excluding carboxylic acids is 1. The Kier molecular flexibility index (Phi) is 7.36. The number of nitrogens with one attached hydrogen (secondary N) is 4. The predicted molar refractivity (Wildman–Crippen MR) is 144 cm³/mol. The highest BCUT2D eigenvalue weighted by molar-refractivity contribution is 6.08. The number of hydrogen-bond donors (Lipinski definition) is 4. The number of hydrogen-bond acceptors (Lipinski definition) is 5. The summed E-state index contributed by atoms with van der Waals surface area (Å²) < 4.78 is 5.15. The summed E-state index contributed by atoms with van der Waals surface area (Å²) in [7, 11) is 1.57. The summed E-state index contributed by atoms with van der Waals surface area (Å²) in [6.07, 6.45) is 1.60. The predicted octanol–water partition coefficient (Wildman–Crippen LogP) is 5.21. The summed E-state index contributed by atoms with van der Waals surface area (Å²) in [5, 5.41) is 6.25. The molecule has 2 aromatic heterocycles. The Balaban J connectivity index is 0.00000304. The molecule has 8 nitrogen and oxygen atoms in total. The van der Waals surface area contributed by atoms with Gasteiger partial charge in [0.15, 0.2) is 0 Å². The minimum absolute atomic E-state index is 0. The van der Waals surface area contributed by atoms with Crippen molar-refractivity contribution in [1.29, 1.82) is 0 Å². The molecule has 0 bridgehead atoms. The quantitative estimate of drug-likeness (QED) is 0.244. The van der Waals surface area contributed by atoms with Gasteiger partial charge in [0.1, 0.15) is 22.7 Å². The van der Waals surface area contributed by atoms with Gasteiger partial charge in [0.05, 0.1) is 24.0 Å². The van der Waals surface area contributed by atoms with Crippen LogP contribution >= 0.6 is 12.4 Å². The molecule has 0 radical (unpaired) electrons. The van der Waals surface area contributed by atoms with Crippen LogP contribution in [0.15, 0.2) is 89.9 Å². The Bertz CT molecular complexity index is 1550. The SMILES string of the molecule is COc1ccc(C(=O)Nc2cccc3[nH]c(-c4c(NCc5ccccc5)cc[nH]c4=O)nc23)cc1.Cl. The van der Waals surface area contributed by atoms with Crippen LogP contribution in [0, 0.1) is 0 Å². The normalized spacial score (nSPS) is 10.5. The molecule has 0 unspecified atom stereocenters. The van der Waals surface area contributed by atoms with Crippen molar-refractivity contribution in [2.24, 2.45) is 0 Å². The van der Waals surface area contributed by atoms with Gasteiger partial charge in [-0.05, 0) is 48.0 Å². The molecule has 5 aromatic rings. The number of H-pyrrole nitrogens is 2. The maximum absolute atomic E-state index is 12.8. The molecule has 182 valence electrons. The highest BCUT2D eigenvalue weighted by Crippen LogP contribution is 2.28. The highest BCUT2D eigenvalue weighted by Gasteiger charge is 2.17. The zero-order valence-corrected chi connectivity index (χ0v) is 20.2. The topological polar surface area (TPSA) is 112 Å². The van der Waals surface area contributed by atoms with Gasteiger partial charge < -0.3 is 25.3 Å². The van der Waals surface area contributed by atoms with E-state index >= 15 is 0 Å². The average Bonchev–Trinajstić information content (AvgIpc) is 3.33. The lowest BCUT2D eigenvalue weighted by molar-refractivity contribution is 0.102. The summed E-state index contributed by atoms with van der Waals surface area (Å²) in [5.41, 5.74) is 4.15. The number of anilines is 2. The Morgan fingerprint density at radius 1 is 0.944 bits per heavy atom. The number of benzene rings is 3. The number of nitrogens with zero attached hydrogens (tertiary/aromatic N) is 1. The van der Waals surface area contributed by atoms with Gasteiger partial charge in [-0.3, -0.25) is 9.59 Å². The van der Waals surface area contributed by atoms with E-state index in [0.29, 0.717) is 51.7 Å². The second-order valence-electron chi connectivity index (χ2n) is 7.90. The molecule has 0 fully saturated rings. The highest BCUT2D eigenvalue weighted by atomic mass is 35.5. The summed E-state index contributed by atoms with van der Waals surface area (Å²) in [6, 6.07) is 24.0. The largest absolute Gasteiger partial charge is 0.497 e. The second-order valence-corrected chi connectivity index (χ2v) is 7.90. The molecule has 0 aliphatic heterocycles. The van der Waals surface area contributed by atoms with Crippen molar-refractivity contribution in [3.63, 3.8) is 0 Å². The molecular formula is C27H24ClN5O3. The van der Waals surface area contributed by atoms with Crippen LogP contribution < -0.4 is 20.9 Å². The molecule has 3 aromatic carbocycles. The van der Waals surface area contributed by atoms with E-state index in [1.807, 2.05) is 42.5 Å². The third kappa shape index (κ3) is 5.08. The molecule has 1 amide bonds. The van der Waals surface area contributed by atoms with E-state index in [9.17, 15) is 9.59 Å². The third-order valence-electron chi connectivity index (χ3n) is 5.64. The van der Waals surface area contributed by atoms with Crippen LogP contribution in [0.3, 0.4) is 0 Å². The van der Waals surface area contributed by atoms with Crippen molar-refractivity contribution in [3.8, 4) is 17.1 Å². The molecular weight excluding hydrogens is 478 g/mol. The van der Waals surface area contributed by atoms with Gasteiger partial charge in [-0.1, -0.05) is 36.4 Å². The Morgan fingerprint density at radius 2 is 1.72 bits per heavy atom. The Labute approximate surface area is 213 Å². The van der Waals surface area contributed by atoms with Crippen molar-refractivity contribution in [2.45, 2.75) is 6.54 Å². The molecule has 0 aliphatic rings. The lowest BCUT2D eigenvalue weighted by Gasteiger charge is -2.10. The first-order chi connectivity index (χ1) is 17.1. The fraction of sp³-hybridized carbons (Fsp3) is 0.0741. The third-order valence-corrected chi connectivity index (χ3v) is 5.64. The minimum atomic E-state index is -0.272. The first kappa shape index (κ1) is 24.6. The van der Waals surface area contributed by atoms with E-state index in [1.54, 1.807) is 49.7 Å². The lowest BCUT2D eigenvalue weighted by atomic mass is 10.2. The smallest absolute Gasteiger partial charge is 0.261 e. The summed E-state index contributed by atoms with van der Waals surface area (Å²) in [6.45, 7) is 0.556. The number of aromatic amines is 2. The van der Waals surface area contributed by atoms with Gasteiger partial charge in [0.2, 0.25) is 0 Å². The number of carbonyl (C=O) groups is 1. The van der Waals surface area contributed by atoms with Crippen LogP contribution in [0.4, 0.5) is 11.4 Å². The van der Waals surface area contributed by atoms with E-state index in [4.69, 9.17) is 4.74 Å². The van der Waals surface area contributed by atoms with Gasteiger partial charge >= 0.3 is 0 Å². The van der Waals surface area contributed by atoms with E-state index in [2.05, 4.69) is 25.6 Å². The minimum Gasteiger partial charge on any atom is -0.497 e. The van der Waals surface area contributed by atoms with Crippen LogP contribution in [-0.4, -0.2) is 28.0 Å². The molecule has 36 heavy (non-hydrogen) atoms. The molecule has 0 atom stereocenters. The van der Waals surface area contributed by atoms with Crippen molar-refractivity contribution in [3.05, 3.63) is 107 Å². The zero-order valence-electron chi connectivity index (χ0n) is 19.4. The number of ether oxygens (including phenoxy) is 1. The van der Waals surface area contributed by atoms with Gasteiger partial charge in [-0.2, -0.15) is 0 Å². The number of methoxy groups -OCH3 is 1. The van der Waals surface area contributed by atoms with Crippen LogP contribution in [0.1, 0.15) is 15.9 Å². The number of rotatable bonds is 7. The van der Waals surface area contributed by atoms with Gasteiger partial charge in [-0.25, -0.2) is 4.98 Å².